The minimum atomic E-state index is -0.150. The number of likely N-dealkylation sites (N-methyl/N-ethyl adjacent to an activating group) is 1. The number of piperazine rings is 1. The third kappa shape index (κ3) is 4.17. The highest BCUT2D eigenvalue weighted by molar-refractivity contribution is 9.10. The summed E-state index contributed by atoms with van der Waals surface area (Å²) in [4.78, 5) is 17.3. The smallest absolute Gasteiger partial charge is 0.256 e. The molecule has 6 heteroatoms. The number of anilines is 2. The average Bonchev–Trinajstić information content (AvgIpc) is 2.62. The third-order valence-electron chi connectivity index (χ3n) is 4.49. The van der Waals surface area contributed by atoms with Crippen LogP contribution in [0.3, 0.4) is 0 Å². The van der Waals surface area contributed by atoms with Gasteiger partial charge < -0.3 is 15.1 Å². The first-order chi connectivity index (χ1) is 12.1. The van der Waals surface area contributed by atoms with E-state index in [1.54, 1.807) is 6.07 Å². The van der Waals surface area contributed by atoms with Crippen LogP contribution in [-0.4, -0.2) is 43.5 Å². The van der Waals surface area contributed by atoms with Gasteiger partial charge in [0.05, 0.1) is 22.0 Å². The van der Waals surface area contributed by atoms with Crippen LogP contribution < -0.4 is 10.2 Å². The largest absolute Gasteiger partial charge is 0.366 e. The lowest BCUT2D eigenvalue weighted by Crippen LogP contribution is -2.46. The zero-order valence-corrected chi connectivity index (χ0v) is 16.5. The number of nitrogens with zero attached hydrogens (tertiary/aromatic N) is 2. The summed E-state index contributed by atoms with van der Waals surface area (Å²) in [6.45, 7) is 7.03. The maximum Gasteiger partial charge on any atom is 0.256 e. The molecule has 1 aliphatic heterocycles. The van der Waals surface area contributed by atoms with Crippen LogP contribution >= 0.6 is 27.5 Å². The Morgan fingerprint density at radius 1 is 1.12 bits per heavy atom. The quantitative estimate of drug-likeness (QED) is 0.788. The Morgan fingerprint density at radius 3 is 2.52 bits per heavy atom. The predicted molar refractivity (Wildman–Crippen MR) is 108 cm³/mol. The summed E-state index contributed by atoms with van der Waals surface area (Å²) in [6.07, 6.45) is 0. The average molecular weight is 423 g/mol. The van der Waals surface area contributed by atoms with Gasteiger partial charge >= 0.3 is 0 Å². The van der Waals surface area contributed by atoms with E-state index in [2.05, 4.69) is 38.0 Å². The molecular weight excluding hydrogens is 402 g/mol. The molecule has 0 unspecified atom stereocenters. The lowest BCUT2D eigenvalue weighted by atomic mass is 10.1. The molecule has 132 valence electrons. The molecule has 1 N–H and O–H groups in total. The molecule has 2 aromatic rings. The molecule has 0 radical (unpaired) electrons. The molecule has 0 bridgehead atoms. The van der Waals surface area contributed by atoms with Crippen molar-refractivity contribution in [2.45, 2.75) is 6.92 Å². The van der Waals surface area contributed by atoms with Crippen LogP contribution in [0.2, 0.25) is 5.02 Å². The number of nitrogens with one attached hydrogen (secondary N) is 1. The van der Waals surface area contributed by atoms with E-state index in [-0.39, 0.29) is 5.91 Å². The zero-order valence-electron chi connectivity index (χ0n) is 14.1. The number of carbonyl (C=O) groups excluding carboxylic acids is 1. The van der Waals surface area contributed by atoms with Gasteiger partial charge in [-0.15, -0.1) is 0 Å². The molecule has 1 heterocycles. The van der Waals surface area contributed by atoms with Crippen LogP contribution in [0.25, 0.3) is 0 Å². The normalized spacial score (nSPS) is 15.2. The van der Waals surface area contributed by atoms with Gasteiger partial charge in [-0.1, -0.05) is 36.7 Å². The first kappa shape index (κ1) is 18.2. The molecule has 3 rings (SSSR count). The van der Waals surface area contributed by atoms with Gasteiger partial charge in [0.2, 0.25) is 0 Å². The molecule has 4 nitrogen and oxygen atoms in total. The molecule has 2 aromatic carbocycles. The fraction of sp³-hybridized carbons (Fsp3) is 0.316. The lowest BCUT2D eigenvalue weighted by molar-refractivity contribution is 0.102. The van der Waals surface area contributed by atoms with Crippen molar-refractivity contribution in [2.75, 3.05) is 42.9 Å². The van der Waals surface area contributed by atoms with Crippen LogP contribution in [0.15, 0.2) is 46.9 Å². The molecule has 0 saturated carbocycles. The Bertz CT molecular complexity index is 760. The number of benzene rings is 2. The minimum Gasteiger partial charge on any atom is -0.366 e. The second kappa shape index (κ2) is 8.21. The summed E-state index contributed by atoms with van der Waals surface area (Å²) in [5.74, 6) is -0.150. The fourth-order valence-electron chi connectivity index (χ4n) is 3.06. The van der Waals surface area contributed by atoms with E-state index in [1.165, 1.54) is 0 Å². The molecular formula is C19H21BrClN3O. The molecule has 1 saturated heterocycles. The molecule has 25 heavy (non-hydrogen) atoms. The molecule has 0 aliphatic carbocycles. The Hall–Kier alpha value is -1.56. The number of amides is 1. The van der Waals surface area contributed by atoms with Crippen molar-refractivity contribution in [3.05, 3.63) is 57.5 Å². The number of halogens is 2. The molecule has 0 aromatic heterocycles. The Balaban J connectivity index is 1.84. The lowest BCUT2D eigenvalue weighted by Gasteiger charge is -2.36. The highest BCUT2D eigenvalue weighted by Crippen LogP contribution is 2.35. The molecule has 0 spiro atoms. The van der Waals surface area contributed by atoms with Crippen molar-refractivity contribution in [1.29, 1.82) is 0 Å². The molecule has 0 atom stereocenters. The second-order valence-corrected chi connectivity index (χ2v) is 7.25. The van der Waals surface area contributed by atoms with E-state index in [9.17, 15) is 4.79 Å². The van der Waals surface area contributed by atoms with Gasteiger partial charge in [0.15, 0.2) is 0 Å². The number of para-hydroxylation sites is 1. The van der Waals surface area contributed by atoms with Gasteiger partial charge in [-0.2, -0.15) is 0 Å². The topological polar surface area (TPSA) is 35.6 Å². The summed E-state index contributed by atoms with van der Waals surface area (Å²) in [5.41, 5.74) is 2.25. The monoisotopic (exact) mass is 421 g/mol. The van der Waals surface area contributed by atoms with E-state index >= 15 is 0 Å². The van der Waals surface area contributed by atoms with Crippen molar-refractivity contribution in [3.63, 3.8) is 0 Å². The van der Waals surface area contributed by atoms with Crippen LogP contribution in [0.5, 0.6) is 0 Å². The van der Waals surface area contributed by atoms with Gasteiger partial charge in [0.25, 0.3) is 5.91 Å². The predicted octanol–water partition coefficient (Wildman–Crippen LogP) is 4.50. The number of hydrogen-bond acceptors (Lipinski definition) is 3. The second-order valence-electron chi connectivity index (χ2n) is 5.99. The van der Waals surface area contributed by atoms with E-state index < -0.39 is 0 Å². The molecule has 1 aliphatic rings. The summed E-state index contributed by atoms with van der Waals surface area (Å²) >= 11 is 9.91. The van der Waals surface area contributed by atoms with E-state index in [1.807, 2.05) is 36.4 Å². The molecule has 1 amide bonds. The first-order valence-corrected chi connectivity index (χ1v) is 9.59. The summed E-state index contributed by atoms with van der Waals surface area (Å²) in [5, 5.41) is 3.68. The van der Waals surface area contributed by atoms with Crippen LogP contribution in [0.4, 0.5) is 11.4 Å². The number of carbonyl (C=O) groups is 1. The van der Waals surface area contributed by atoms with E-state index in [0.29, 0.717) is 10.6 Å². The first-order valence-electron chi connectivity index (χ1n) is 8.42. The van der Waals surface area contributed by atoms with Crippen molar-refractivity contribution in [2.24, 2.45) is 0 Å². The van der Waals surface area contributed by atoms with E-state index in [4.69, 9.17) is 11.6 Å². The van der Waals surface area contributed by atoms with Crippen LogP contribution in [0.1, 0.15) is 17.3 Å². The van der Waals surface area contributed by atoms with Crippen LogP contribution in [-0.2, 0) is 0 Å². The zero-order chi connectivity index (χ0) is 17.8. The third-order valence-corrected chi connectivity index (χ3v) is 5.49. The fourth-order valence-corrected chi connectivity index (χ4v) is 3.82. The molecule has 1 fully saturated rings. The maximum absolute atomic E-state index is 12.7. The highest BCUT2D eigenvalue weighted by Gasteiger charge is 2.22. The number of rotatable bonds is 4. The van der Waals surface area contributed by atoms with E-state index in [0.717, 1.165) is 48.6 Å². The van der Waals surface area contributed by atoms with Gasteiger partial charge in [-0.3, -0.25) is 4.79 Å². The highest BCUT2D eigenvalue weighted by atomic mass is 79.9. The van der Waals surface area contributed by atoms with Gasteiger partial charge in [0, 0.05) is 30.7 Å². The van der Waals surface area contributed by atoms with Crippen molar-refractivity contribution >= 4 is 44.8 Å². The standard InChI is InChI=1S/C19H21BrClN3O/c1-2-23-10-12-24(13-11-23)18-16(21)8-5-9-17(18)22-19(25)14-6-3-4-7-15(14)20/h3-9H,2,10-13H2,1H3,(H,22,25). The van der Waals surface area contributed by atoms with Gasteiger partial charge in [0.1, 0.15) is 0 Å². The SMILES string of the molecule is CCN1CCN(c2c(Cl)cccc2NC(=O)c2ccccc2Br)CC1. The summed E-state index contributed by atoms with van der Waals surface area (Å²) in [7, 11) is 0. The van der Waals surface area contributed by atoms with Gasteiger partial charge in [-0.25, -0.2) is 0 Å². The summed E-state index contributed by atoms with van der Waals surface area (Å²) in [6, 6.07) is 13.0. The van der Waals surface area contributed by atoms with Crippen molar-refractivity contribution in [3.8, 4) is 0 Å². The van der Waals surface area contributed by atoms with Crippen LogP contribution in [0, 0.1) is 0 Å². The number of hydrogen-bond donors (Lipinski definition) is 1. The Labute approximate surface area is 161 Å². The Kier molecular flexibility index (Phi) is 5.99. The minimum absolute atomic E-state index is 0.150. The van der Waals surface area contributed by atoms with Gasteiger partial charge in [-0.05, 0) is 46.7 Å². The summed E-state index contributed by atoms with van der Waals surface area (Å²) < 4.78 is 0.771. The Morgan fingerprint density at radius 2 is 1.84 bits per heavy atom. The van der Waals surface area contributed by atoms with Crippen molar-refractivity contribution < 1.29 is 4.79 Å². The van der Waals surface area contributed by atoms with Crippen molar-refractivity contribution in [1.82, 2.24) is 4.90 Å². The maximum atomic E-state index is 12.7.